The molecule has 0 spiro atoms. The van der Waals surface area contributed by atoms with Crippen molar-refractivity contribution in [2.24, 2.45) is 0 Å². The normalized spacial score (nSPS) is 12.0. The molecule has 378 valence electrons. The molecule has 0 heterocycles. The van der Waals surface area contributed by atoms with Crippen molar-refractivity contribution >= 4 is 17.9 Å². The fraction of sp³-hybridized carbons (Fsp3) is 0.914. The Balaban J connectivity index is 4.26. The fourth-order valence-electron chi connectivity index (χ4n) is 8.68. The van der Waals surface area contributed by atoms with E-state index in [4.69, 9.17) is 14.2 Å². The fourth-order valence-corrected chi connectivity index (χ4v) is 8.68. The van der Waals surface area contributed by atoms with Gasteiger partial charge in [0, 0.05) is 19.3 Å². The van der Waals surface area contributed by atoms with Crippen LogP contribution in [-0.4, -0.2) is 37.2 Å². The monoisotopic (exact) mass is 903 g/mol. The van der Waals surface area contributed by atoms with E-state index in [1.807, 2.05) is 0 Å². The topological polar surface area (TPSA) is 78.9 Å². The Morgan fingerprint density at radius 3 is 0.781 bits per heavy atom. The highest BCUT2D eigenvalue weighted by Gasteiger charge is 2.19. The quantitative estimate of drug-likeness (QED) is 0.0262. The molecule has 6 nitrogen and oxygen atoms in total. The van der Waals surface area contributed by atoms with Gasteiger partial charge in [-0.25, -0.2) is 0 Å². The lowest BCUT2D eigenvalue weighted by atomic mass is 10.0. The minimum atomic E-state index is -0.765. The summed E-state index contributed by atoms with van der Waals surface area (Å²) in [7, 11) is 0. The molecular formula is C58H110O6. The zero-order valence-electron chi connectivity index (χ0n) is 43.3. The van der Waals surface area contributed by atoms with Crippen LogP contribution in [0.2, 0.25) is 0 Å². The zero-order chi connectivity index (χ0) is 46.5. The Morgan fingerprint density at radius 1 is 0.297 bits per heavy atom. The lowest BCUT2D eigenvalue weighted by molar-refractivity contribution is -0.167. The highest BCUT2D eigenvalue weighted by Crippen LogP contribution is 2.17. The predicted molar refractivity (Wildman–Crippen MR) is 275 cm³/mol. The molecule has 0 aromatic heterocycles. The van der Waals surface area contributed by atoms with E-state index in [0.29, 0.717) is 19.3 Å². The van der Waals surface area contributed by atoms with Crippen LogP contribution in [0.3, 0.4) is 0 Å². The van der Waals surface area contributed by atoms with Crippen molar-refractivity contribution in [3.8, 4) is 0 Å². The van der Waals surface area contributed by atoms with E-state index in [1.54, 1.807) is 0 Å². The number of carbonyl (C=O) groups excluding carboxylic acids is 3. The maximum Gasteiger partial charge on any atom is 0.306 e. The van der Waals surface area contributed by atoms with Gasteiger partial charge >= 0.3 is 17.9 Å². The molecule has 6 heteroatoms. The number of ether oxygens (including phenoxy) is 3. The van der Waals surface area contributed by atoms with E-state index in [1.165, 1.54) is 225 Å². The first-order chi connectivity index (χ1) is 31.5. The van der Waals surface area contributed by atoms with Crippen molar-refractivity contribution in [2.75, 3.05) is 13.2 Å². The first-order valence-electron chi connectivity index (χ1n) is 28.7. The van der Waals surface area contributed by atoms with Gasteiger partial charge in [-0.15, -0.1) is 0 Å². The van der Waals surface area contributed by atoms with E-state index >= 15 is 0 Å². The van der Waals surface area contributed by atoms with Gasteiger partial charge in [-0.2, -0.15) is 0 Å². The van der Waals surface area contributed by atoms with Crippen LogP contribution in [0.5, 0.6) is 0 Å². The zero-order valence-corrected chi connectivity index (χ0v) is 43.3. The standard InChI is InChI=1S/C58H110O6/c1-4-7-10-13-16-19-22-24-26-28-30-32-34-36-39-42-45-48-51-57(60)63-54-55(53-62-56(59)50-47-44-41-38-21-18-15-12-9-6-3)64-58(61)52-49-46-43-40-37-35-33-31-29-27-25-23-20-17-14-11-8-5-2/h26,28,55H,4-25,27,29-54H2,1-3H3/b28-26-. The molecule has 0 bridgehead atoms. The Labute approximate surface area is 399 Å². The highest BCUT2D eigenvalue weighted by molar-refractivity contribution is 5.71. The van der Waals surface area contributed by atoms with Crippen molar-refractivity contribution in [1.29, 1.82) is 0 Å². The molecule has 0 rings (SSSR count). The summed E-state index contributed by atoms with van der Waals surface area (Å²) in [4.78, 5) is 38.0. The van der Waals surface area contributed by atoms with Crippen molar-refractivity contribution in [3.63, 3.8) is 0 Å². The molecule has 0 aliphatic carbocycles. The minimum Gasteiger partial charge on any atom is -0.462 e. The molecule has 0 fully saturated rings. The van der Waals surface area contributed by atoms with Crippen molar-refractivity contribution in [3.05, 3.63) is 12.2 Å². The summed E-state index contributed by atoms with van der Waals surface area (Å²) in [6.45, 7) is 6.68. The van der Waals surface area contributed by atoms with E-state index in [2.05, 4.69) is 32.9 Å². The third-order valence-corrected chi connectivity index (χ3v) is 13.0. The van der Waals surface area contributed by atoms with E-state index in [9.17, 15) is 14.4 Å². The molecule has 0 aromatic carbocycles. The third-order valence-electron chi connectivity index (χ3n) is 13.0. The van der Waals surface area contributed by atoms with Gasteiger partial charge in [0.2, 0.25) is 0 Å². The second-order valence-electron chi connectivity index (χ2n) is 19.6. The molecule has 0 N–H and O–H groups in total. The molecule has 64 heavy (non-hydrogen) atoms. The van der Waals surface area contributed by atoms with Crippen molar-refractivity contribution in [1.82, 2.24) is 0 Å². The lowest BCUT2D eigenvalue weighted by Gasteiger charge is -2.18. The molecule has 0 saturated carbocycles. The number of hydrogen-bond acceptors (Lipinski definition) is 6. The van der Waals surface area contributed by atoms with Gasteiger partial charge in [0.25, 0.3) is 0 Å². The minimum absolute atomic E-state index is 0.0658. The molecule has 1 atom stereocenters. The van der Waals surface area contributed by atoms with Crippen LogP contribution in [0.15, 0.2) is 12.2 Å². The average molecular weight is 904 g/mol. The predicted octanol–water partition coefficient (Wildman–Crippen LogP) is 18.9. The van der Waals surface area contributed by atoms with E-state index in [0.717, 1.165) is 57.8 Å². The van der Waals surface area contributed by atoms with Crippen molar-refractivity contribution in [2.45, 2.75) is 329 Å². The Hall–Kier alpha value is -1.85. The molecule has 0 aliphatic rings. The molecule has 0 amide bonds. The molecular weight excluding hydrogens is 793 g/mol. The van der Waals surface area contributed by atoms with E-state index in [-0.39, 0.29) is 31.1 Å². The number of allylic oxidation sites excluding steroid dienone is 2. The summed E-state index contributed by atoms with van der Waals surface area (Å²) in [6, 6.07) is 0. The highest BCUT2D eigenvalue weighted by atomic mass is 16.6. The van der Waals surface area contributed by atoms with Gasteiger partial charge in [-0.05, 0) is 44.9 Å². The number of hydrogen-bond donors (Lipinski definition) is 0. The summed E-state index contributed by atoms with van der Waals surface area (Å²) in [5.74, 6) is -0.849. The van der Waals surface area contributed by atoms with Gasteiger partial charge in [-0.1, -0.05) is 270 Å². The van der Waals surface area contributed by atoms with Gasteiger partial charge in [0.1, 0.15) is 13.2 Å². The number of carbonyl (C=O) groups is 3. The number of unbranched alkanes of at least 4 members (excludes halogenated alkanes) is 40. The Morgan fingerprint density at radius 2 is 0.516 bits per heavy atom. The summed E-state index contributed by atoms with van der Waals surface area (Å²) >= 11 is 0. The first-order valence-corrected chi connectivity index (χ1v) is 28.7. The second kappa shape index (κ2) is 53.8. The summed E-state index contributed by atoms with van der Waals surface area (Å²) < 4.78 is 16.8. The number of rotatable bonds is 53. The molecule has 1 unspecified atom stereocenters. The SMILES string of the molecule is CCCCCCCCC/C=C\CCCCCCCCCC(=O)OCC(COC(=O)CCCCCCCCCCCC)OC(=O)CCCCCCCCCCCCCCCCCCCC. The van der Waals surface area contributed by atoms with E-state index < -0.39 is 6.10 Å². The van der Waals surface area contributed by atoms with Crippen LogP contribution in [0.4, 0.5) is 0 Å². The average Bonchev–Trinajstić information content (AvgIpc) is 3.29. The smallest absolute Gasteiger partial charge is 0.306 e. The Kier molecular flexibility index (Phi) is 52.2. The van der Waals surface area contributed by atoms with Gasteiger partial charge in [0.05, 0.1) is 0 Å². The molecule has 0 aromatic rings. The van der Waals surface area contributed by atoms with Crippen LogP contribution in [-0.2, 0) is 28.6 Å². The van der Waals surface area contributed by atoms with Crippen LogP contribution in [0.25, 0.3) is 0 Å². The van der Waals surface area contributed by atoms with Crippen LogP contribution in [0, 0.1) is 0 Å². The van der Waals surface area contributed by atoms with Gasteiger partial charge in [0.15, 0.2) is 6.10 Å². The van der Waals surface area contributed by atoms with Crippen LogP contribution >= 0.6 is 0 Å². The summed E-state index contributed by atoms with van der Waals surface area (Å²) in [5.41, 5.74) is 0. The van der Waals surface area contributed by atoms with Crippen molar-refractivity contribution < 1.29 is 28.6 Å². The third kappa shape index (κ3) is 51.1. The van der Waals surface area contributed by atoms with Gasteiger partial charge < -0.3 is 14.2 Å². The maximum atomic E-state index is 12.8. The molecule has 0 aliphatic heterocycles. The largest absolute Gasteiger partial charge is 0.462 e. The Bertz CT molecular complexity index is 993. The van der Waals surface area contributed by atoms with Crippen LogP contribution in [0.1, 0.15) is 323 Å². The van der Waals surface area contributed by atoms with Crippen LogP contribution < -0.4 is 0 Å². The number of esters is 3. The molecule has 0 saturated heterocycles. The summed E-state index contributed by atoms with van der Waals surface area (Å²) in [5, 5.41) is 0. The van der Waals surface area contributed by atoms with Gasteiger partial charge in [-0.3, -0.25) is 14.4 Å². The summed E-state index contributed by atoms with van der Waals surface area (Å²) in [6.07, 6.45) is 60.6. The lowest BCUT2D eigenvalue weighted by Crippen LogP contribution is -2.30. The molecule has 0 radical (unpaired) electrons. The second-order valence-corrected chi connectivity index (χ2v) is 19.6. The maximum absolute atomic E-state index is 12.8. The first kappa shape index (κ1) is 62.1.